The van der Waals surface area contributed by atoms with Crippen molar-refractivity contribution in [2.24, 2.45) is 0 Å². The second-order valence-corrected chi connectivity index (χ2v) is 1.94. The van der Waals surface area contributed by atoms with E-state index in [0.29, 0.717) is 0 Å². The summed E-state index contributed by atoms with van der Waals surface area (Å²) in [5, 5.41) is 0. The molecule has 0 aromatic rings. The first-order valence-electron chi connectivity index (χ1n) is 3.30. The maximum atomic E-state index is 10.9. The summed E-state index contributed by atoms with van der Waals surface area (Å²) >= 11 is 0. The first kappa shape index (κ1) is 7.78. The van der Waals surface area contributed by atoms with E-state index in [1.54, 1.807) is 6.92 Å². The number of carbonyl (C=O) groups excluding carboxylic acids is 2. The molecule has 0 saturated heterocycles. The third kappa shape index (κ3) is 1.58. The molecule has 4 nitrogen and oxygen atoms in total. The van der Waals surface area contributed by atoms with E-state index in [4.69, 9.17) is 0 Å². The molecule has 60 valence electrons. The summed E-state index contributed by atoms with van der Waals surface area (Å²) in [6.07, 6.45) is 1.42. The average molecular weight is 156 g/mol. The second-order valence-electron chi connectivity index (χ2n) is 1.94. The van der Waals surface area contributed by atoms with Crippen molar-refractivity contribution >= 4 is 11.9 Å². The van der Waals surface area contributed by atoms with Crippen LogP contribution in [0.25, 0.3) is 0 Å². The minimum atomic E-state index is -0.602. The SMILES string of the molecule is CCOC(=O)C1=CCOC1=O. The number of ether oxygens (including phenoxy) is 2. The van der Waals surface area contributed by atoms with Crippen LogP contribution in [0.3, 0.4) is 0 Å². The molecule has 1 rings (SSSR count). The van der Waals surface area contributed by atoms with Crippen LogP contribution in [0.1, 0.15) is 6.92 Å². The van der Waals surface area contributed by atoms with Gasteiger partial charge in [-0.15, -0.1) is 0 Å². The van der Waals surface area contributed by atoms with Gasteiger partial charge in [0.1, 0.15) is 12.2 Å². The zero-order chi connectivity index (χ0) is 8.27. The lowest BCUT2D eigenvalue weighted by Crippen LogP contribution is -2.13. The Hall–Kier alpha value is -1.32. The van der Waals surface area contributed by atoms with Crippen molar-refractivity contribution in [1.29, 1.82) is 0 Å². The summed E-state index contributed by atoms with van der Waals surface area (Å²) in [6, 6.07) is 0. The Morgan fingerprint density at radius 3 is 3.00 bits per heavy atom. The lowest BCUT2D eigenvalue weighted by atomic mass is 10.3. The van der Waals surface area contributed by atoms with Crippen molar-refractivity contribution in [3.63, 3.8) is 0 Å². The molecule has 0 unspecified atom stereocenters. The molecule has 0 aromatic heterocycles. The van der Waals surface area contributed by atoms with E-state index in [9.17, 15) is 9.59 Å². The van der Waals surface area contributed by atoms with Gasteiger partial charge in [0, 0.05) is 0 Å². The molecule has 1 aliphatic rings. The lowest BCUT2D eigenvalue weighted by Gasteiger charge is -1.98. The van der Waals surface area contributed by atoms with Gasteiger partial charge >= 0.3 is 11.9 Å². The zero-order valence-electron chi connectivity index (χ0n) is 6.12. The average Bonchev–Trinajstić information content (AvgIpc) is 2.36. The standard InChI is InChI=1S/C7H8O4/c1-2-10-6(8)5-3-4-11-7(5)9/h3H,2,4H2,1H3. The van der Waals surface area contributed by atoms with Crippen molar-refractivity contribution in [1.82, 2.24) is 0 Å². The van der Waals surface area contributed by atoms with E-state index in [0.717, 1.165) is 0 Å². The van der Waals surface area contributed by atoms with E-state index in [1.165, 1.54) is 6.08 Å². The first-order chi connectivity index (χ1) is 5.25. The maximum Gasteiger partial charge on any atom is 0.345 e. The highest BCUT2D eigenvalue weighted by atomic mass is 16.6. The monoisotopic (exact) mass is 156 g/mol. The van der Waals surface area contributed by atoms with Gasteiger partial charge in [-0.3, -0.25) is 0 Å². The van der Waals surface area contributed by atoms with Crippen LogP contribution in [-0.2, 0) is 19.1 Å². The number of hydrogen-bond donors (Lipinski definition) is 0. The summed E-state index contributed by atoms with van der Waals surface area (Å²) in [5.74, 6) is -1.20. The summed E-state index contributed by atoms with van der Waals surface area (Å²) in [5.41, 5.74) is 0.00634. The number of cyclic esters (lactones) is 1. The molecule has 0 N–H and O–H groups in total. The van der Waals surface area contributed by atoms with Crippen LogP contribution < -0.4 is 0 Å². The topological polar surface area (TPSA) is 52.6 Å². The van der Waals surface area contributed by atoms with Crippen LogP contribution >= 0.6 is 0 Å². The molecule has 4 heteroatoms. The molecule has 0 fully saturated rings. The summed E-state index contributed by atoms with van der Waals surface area (Å²) in [4.78, 5) is 21.6. The predicted octanol–water partition coefficient (Wildman–Crippen LogP) is 0.0327. The Bertz CT molecular complexity index is 216. The van der Waals surface area contributed by atoms with Gasteiger partial charge in [0.2, 0.25) is 0 Å². The van der Waals surface area contributed by atoms with Crippen LogP contribution in [-0.4, -0.2) is 25.2 Å². The van der Waals surface area contributed by atoms with Crippen molar-refractivity contribution in [3.05, 3.63) is 11.6 Å². The molecule has 0 aliphatic carbocycles. The zero-order valence-corrected chi connectivity index (χ0v) is 6.12. The smallest absolute Gasteiger partial charge is 0.345 e. The quantitative estimate of drug-likeness (QED) is 0.418. The molecule has 0 amide bonds. The van der Waals surface area contributed by atoms with E-state index in [-0.39, 0.29) is 18.8 Å². The fourth-order valence-electron chi connectivity index (χ4n) is 0.737. The fraction of sp³-hybridized carbons (Fsp3) is 0.429. The van der Waals surface area contributed by atoms with E-state index < -0.39 is 11.9 Å². The Labute approximate surface area is 63.8 Å². The van der Waals surface area contributed by atoms with Crippen molar-refractivity contribution in [2.75, 3.05) is 13.2 Å². The largest absolute Gasteiger partial charge is 0.462 e. The van der Waals surface area contributed by atoms with Crippen LogP contribution in [0.2, 0.25) is 0 Å². The van der Waals surface area contributed by atoms with E-state index >= 15 is 0 Å². The van der Waals surface area contributed by atoms with Crippen molar-refractivity contribution in [3.8, 4) is 0 Å². The third-order valence-electron chi connectivity index (χ3n) is 1.22. The highest BCUT2D eigenvalue weighted by Gasteiger charge is 2.24. The van der Waals surface area contributed by atoms with Gasteiger partial charge in [-0.2, -0.15) is 0 Å². The highest BCUT2D eigenvalue weighted by Crippen LogP contribution is 2.07. The molecule has 0 bridgehead atoms. The normalized spacial score (nSPS) is 15.7. The van der Waals surface area contributed by atoms with Crippen molar-refractivity contribution in [2.45, 2.75) is 6.92 Å². The molecule has 0 radical (unpaired) electrons. The molecule has 0 atom stereocenters. The Morgan fingerprint density at radius 1 is 1.82 bits per heavy atom. The molecular weight excluding hydrogens is 148 g/mol. The second kappa shape index (κ2) is 3.18. The molecule has 1 aliphatic heterocycles. The summed E-state index contributed by atoms with van der Waals surface area (Å²) < 4.78 is 9.09. The van der Waals surface area contributed by atoms with Crippen LogP contribution in [0.4, 0.5) is 0 Å². The van der Waals surface area contributed by atoms with Gasteiger partial charge in [-0.25, -0.2) is 9.59 Å². The number of rotatable bonds is 2. The van der Waals surface area contributed by atoms with Gasteiger partial charge in [-0.05, 0) is 13.0 Å². The van der Waals surface area contributed by atoms with Gasteiger partial charge in [-0.1, -0.05) is 0 Å². The molecule has 1 heterocycles. The van der Waals surface area contributed by atoms with Crippen molar-refractivity contribution < 1.29 is 19.1 Å². The molecule has 11 heavy (non-hydrogen) atoms. The summed E-state index contributed by atoms with van der Waals surface area (Å²) in [6.45, 7) is 2.12. The molecular formula is C7H8O4. The maximum absolute atomic E-state index is 10.9. The Kier molecular flexibility index (Phi) is 2.25. The number of hydrogen-bond acceptors (Lipinski definition) is 4. The Morgan fingerprint density at radius 2 is 2.55 bits per heavy atom. The number of carbonyl (C=O) groups is 2. The molecule has 0 aromatic carbocycles. The van der Waals surface area contributed by atoms with Crippen LogP contribution in [0, 0.1) is 0 Å². The van der Waals surface area contributed by atoms with E-state index in [1.807, 2.05) is 0 Å². The van der Waals surface area contributed by atoms with Gasteiger partial charge in [0.25, 0.3) is 0 Å². The lowest BCUT2D eigenvalue weighted by molar-refractivity contribution is -0.144. The number of esters is 2. The minimum absolute atomic E-state index is 0.00634. The van der Waals surface area contributed by atoms with Crippen LogP contribution in [0.5, 0.6) is 0 Å². The summed E-state index contributed by atoms with van der Waals surface area (Å²) in [7, 11) is 0. The fourth-order valence-corrected chi connectivity index (χ4v) is 0.737. The molecule has 0 spiro atoms. The minimum Gasteiger partial charge on any atom is -0.462 e. The van der Waals surface area contributed by atoms with Crippen LogP contribution in [0.15, 0.2) is 11.6 Å². The van der Waals surface area contributed by atoms with E-state index in [2.05, 4.69) is 9.47 Å². The highest BCUT2D eigenvalue weighted by molar-refractivity contribution is 6.15. The predicted molar refractivity (Wildman–Crippen MR) is 35.7 cm³/mol. The first-order valence-corrected chi connectivity index (χ1v) is 3.30. The van der Waals surface area contributed by atoms with Gasteiger partial charge in [0.05, 0.1) is 6.61 Å². The van der Waals surface area contributed by atoms with Gasteiger partial charge in [0.15, 0.2) is 0 Å². The third-order valence-corrected chi connectivity index (χ3v) is 1.22. The Balaban J connectivity index is 2.60. The molecule has 0 saturated carbocycles. The van der Waals surface area contributed by atoms with Gasteiger partial charge < -0.3 is 9.47 Å².